The molecule has 2 rings (SSSR count). The first-order chi connectivity index (χ1) is 8.97. The molecule has 1 aromatic carbocycles. The topological polar surface area (TPSA) is 72.4 Å². The van der Waals surface area contributed by atoms with E-state index in [1.54, 1.807) is 6.07 Å². The van der Waals surface area contributed by atoms with Crippen molar-refractivity contribution >= 4 is 17.3 Å². The van der Waals surface area contributed by atoms with E-state index in [9.17, 15) is 10.1 Å². The third-order valence-corrected chi connectivity index (χ3v) is 4.05. The second-order valence-electron chi connectivity index (χ2n) is 5.18. The Morgan fingerprint density at radius 1 is 1.63 bits per heavy atom. The lowest BCUT2D eigenvalue weighted by Crippen LogP contribution is -2.29. The molecule has 0 radical (unpaired) electrons. The fourth-order valence-electron chi connectivity index (χ4n) is 2.45. The zero-order valence-electron chi connectivity index (χ0n) is 10.9. The molecule has 0 saturated carbocycles. The van der Waals surface area contributed by atoms with Gasteiger partial charge in [0.05, 0.1) is 9.95 Å². The van der Waals surface area contributed by atoms with E-state index < -0.39 is 4.92 Å². The second kappa shape index (κ2) is 5.86. The first kappa shape index (κ1) is 14.2. The predicted molar refractivity (Wildman–Crippen MR) is 75.1 cm³/mol. The zero-order valence-corrected chi connectivity index (χ0v) is 11.6. The van der Waals surface area contributed by atoms with Gasteiger partial charge in [0, 0.05) is 31.3 Å². The van der Waals surface area contributed by atoms with Gasteiger partial charge in [0.2, 0.25) is 0 Å². The van der Waals surface area contributed by atoms with Crippen molar-refractivity contribution in [2.75, 3.05) is 13.1 Å². The number of hydrogen-bond donors (Lipinski definition) is 1. The molecule has 0 spiro atoms. The average molecular weight is 284 g/mol. The van der Waals surface area contributed by atoms with E-state index in [0.29, 0.717) is 10.9 Å². The summed E-state index contributed by atoms with van der Waals surface area (Å²) >= 11 is 6.10. The van der Waals surface area contributed by atoms with Crippen molar-refractivity contribution in [1.82, 2.24) is 4.90 Å². The Balaban J connectivity index is 2.02. The fraction of sp³-hybridized carbons (Fsp3) is 0.538. The molecule has 5 nitrogen and oxygen atoms in total. The van der Waals surface area contributed by atoms with Crippen molar-refractivity contribution in [3.8, 4) is 0 Å². The van der Waals surface area contributed by atoms with Crippen molar-refractivity contribution in [1.29, 1.82) is 0 Å². The van der Waals surface area contributed by atoms with Crippen molar-refractivity contribution < 1.29 is 4.92 Å². The van der Waals surface area contributed by atoms with Crippen LogP contribution < -0.4 is 5.73 Å². The number of hydrogen-bond acceptors (Lipinski definition) is 4. The number of halogens is 1. The van der Waals surface area contributed by atoms with Gasteiger partial charge in [-0.15, -0.1) is 0 Å². The Hall–Kier alpha value is -1.17. The van der Waals surface area contributed by atoms with E-state index in [-0.39, 0.29) is 11.7 Å². The van der Waals surface area contributed by atoms with Gasteiger partial charge < -0.3 is 5.73 Å². The Morgan fingerprint density at radius 2 is 2.37 bits per heavy atom. The SMILES string of the molecule is CC(N)C1CCN(Cc2ccc([N+](=O)[O-])cc2Cl)C1. The van der Waals surface area contributed by atoms with Crippen molar-refractivity contribution in [2.24, 2.45) is 11.7 Å². The van der Waals surface area contributed by atoms with Crippen molar-refractivity contribution in [3.63, 3.8) is 0 Å². The van der Waals surface area contributed by atoms with Gasteiger partial charge >= 0.3 is 0 Å². The van der Waals surface area contributed by atoms with Crippen LogP contribution in [0.25, 0.3) is 0 Å². The summed E-state index contributed by atoms with van der Waals surface area (Å²) in [5, 5.41) is 11.1. The second-order valence-corrected chi connectivity index (χ2v) is 5.58. The summed E-state index contributed by atoms with van der Waals surface area (Å²) in [6.45, 7) is 4.72. The predicted octanol–water partition coefficient (Wildman–Crippen LogP) is 2.42. The molecule has 1 fully saturated rings. The first-order valence-corrected chi connectivity index (χ1v) is 6.76. The minimum absolute atomic E-state index is 0.0311. The Morgan fingerprint density at radius 3 is 2.89 bits per heavy atom. The van der Waals surface area contributed by atoms with Gasteiger partial charge in [-0.3, -0.25) is 15.0 Å². The van der Waals surface area contributed by atoms with E-state index in [4.69, 9.17) is 17.3 Å². The number of non-ortho nitro benzene ring substituents is 1. The lowest BCUT2D eigenvalue weighted by atomic mass is 10.0. The van der Waals surface area contributed by atoms with E-state index >= 15 is 0 Å². The number of nitrogens with zero attached hydrogens (tertiary/aromatic N) is 2. The Bertz CT molecular complexity index is 479. The van der Waals surface area contributed by atoms with Crippen LogP contribution >= 0.6 is 11.6 Å². The molecule has 104 valence electrons. The average Bonchev–Trinajstić information content (AvgIpc) is 2.80. The van der Waals surface area contributed by atoms with Gasteiger partial charge in [-0.05, 0) is 37.4 Å². The number of nitro groups is 1. The van der Waals surface area contributed by atoms with E-state index in [2.05, 4.69) is 4.90 Å². The summed E-state index contributed by atoms with van der Waals surface area (Å²) in [5.74, 6) is 0.525. The maximum atomic E-state index is 10.6. The largest absolute Gasteiger partial charge is 0.328 e. The van der Waals surface area contributed by atoms with Crippen LogP contribution in [0.5, 0.6) is 0 Å². The van der Waals surface area contributed by atoms with Crippen LogP contribution in [0.1, 0.15) is 18.9 Å². The fourth-order valence-corrected chi connectivity index (χ4v) is 2.69. The Kier molecular flexibility index (Phi) is 4.39. The van der Waals surface area contributed by atoms with Crippen molar-refractivity contribution in [3.05, 3.63) is 38.9 Å². The zero-order chi connectivity index (χ0) is 14.0. The summed E-state index contributed by atoms with van der Waals surface area (Å²) in [7, 11) is 0. The molecule has 1 aliphatic heterocycles. The van der Waals surface area contributed by atoms with Gasteiger partial charge in [-0.25, -0.2) is 0 Å². The van der Waals surface area contributed by atoms with Gasteiger partial charge in [-0.1, -0.05) is 11.6 Å². The summed E-state index contributed by atoms with van der Waals surface area (Å²) in [5.41, 5.74) is 6.87. The van der Waals surface area contributed by atoms with Gasteiger partial charge in [-0.2, -0.15) is 0 Å². The molecule has 6 heteroatoms. The van der Waals surface area contributed by atoms with Crippen LogP contribution in [-0.4, -0.2) is 29.0 Å². The molecule has 2 atom stereocenters. The number of likely N-dealkylation sites (tertiary alicyclic amines) is 1. The maximum Gasteiger partial charge on any atom is 0.270 e. The van der Waals surface area contributed by atoms with Crippen molar-refractivity contribution in [2.45, 2.75) is 25.9 Å². The molecule has 19 heavy (non-hydrogen) atoms. The highest BCUT2D eigenvalue weighted by Crippen LogP contribution is 2.26. The summed E-state index contributed by atoms with van der Waals surface area (Å²) in [4.78, 5) is 12.5. The monoisotopic (exact) mass is 283 g/mol. The maximum absolute atomic E-state index is 10.6. The molecule has 1 aromatic rings. The highest BCUT2D eigenvalue weighted by molar-refractivity contribution is 6.31. The smallest absolute Gasteiger partial charge is 0.270 e. The first-order valence-electron chi connectivity index (χ1n) is 6.38. The molecule has 1 saturated heterocycles. The normalized spacial score (nSPS) is 21.5. The van der Waals surface area contributed by atoms with Gasteiger partial charge in [0.15, 0.2) is 0 Å². The van der Waals surface area contributed by atoms with Crippen LogP contribution in [0, 0.1) is 16.0 Å². The van der Waals surface area contributed by atoms with Gasteiger partial charge in [0.1, 0.15) is 0 Å². The van der Waals surface area contributed by atoms with Crippen LogP contribution in [0.4, 0.5) is 5.69 Å². The Labute approximate surface area is 117 Å². The highest BCUT2D eigenvalue weighted by atomic mass is 35.5. The number of nitro benzene ring substituents is 1. The highest BCUT2D eigenvalue weighted by Gasteiger charge is 2.25. The summed E-state index contributed by atoms with van der Waals surface area (Å²) in [6.07, 6.45) is 1.10. The molecule has 2 N–H and O–H groups in total. The van der Waals surface area contributed by atoms with Crippen LogP contribution in [0.15, 0.2) is 18.2 Å². The third-order valence-electron chi connectivity index (χ3n) is 3.69. The van der Waals surface area contributed by atoms with E-state index in [0.717, 1.165) is 31.6 Å². The summed E-state index contributed by atoms with van der Waals surface area (Å²) in [6, 6.07) is 4.85. The summed E-state index contributed by atoms with van der Waals surface area (Å²) < 4.78 is 0. The molecule has 0 aromatic heterocycles. The minimum atomic E-state index is -0.433. The molecule has 1 heterocycles. The van der Waals surface area contributed by atoms with E-state index in [1.165, 1.54) is 12.1 Å². The number of nitrogens with two attached hydrogens (primary N) is 1. The van der Waals surface area contributed by atoms with Crippen LogP contribution in [0.3, 0.4) is 0 Å². The van der Waals surface area contributed by atoms with Crippen LogP contribution in [-0.2, 0) is 6.54 Å². The molecule has 2 unspecified atom stereocenters. The molecule has 0 amide bonds. The third kappa shape index (κ3) is 3.43. The molecule has 1 aliphatic rings. The van der Waals surface area contributed by atoms with Gasteiger partial charge in [0.25, 0.3) is 5.69 Å². The van der Waals surface area contributed by atoms with E-state index in [1.807, 2.05) is 6.92 Å². The molecule has 0 bridgehead atoms. The number of benzene rings is 1. The van der Waals surface area contributed by atoms with Crippen LogP contribution in [0.2, 0.25) is 5.02 Å². The number of rotatable bonds is 4. The lowest BCUT2D eigenvalue weighted by Gasteiger charge is -2.18. The standard InChI is InChI=1S/C13H18ClN3O2/c1-9(15)10-4-5-16(7-10)8-11-2-3-12(17(18)19)6-13(11)14/h2-3,6,9-10H,4-5,7-8,15H2,1H3. The minimum Gasteiger partial charge on any atom is -0.328 e. The molecular formula is C13H18ClN3O2. The molecule has 0 aliphatic carbocycles. The quantitative estimate of drug-likeness (QED) is 0.680. The lowest BCUT2D eigenvalue weighted by molar-refractivity contribution is -0.384. The molecular weight excluding hydrogens is 266 g/mol.